The summed E-state index contributed by atoms with van der Waals surface area (Å²) in [6.07, 6.45) is 2.19. The number of amides is 4. The first-order valence-electron chi connectivity index (χ1n) is 8.17. The molecule has 126 valence electrons. The van der Waals surface area contributed by atoms with Crippen molar-refractivity contribution in [3.05, 3.63) is 35.1 Å². The summed E-state index contributed by atoms with van der Waals surface area (Å²) in [5, 5.41) is 5.00. The lowest BCUT2D eigenvalue weighted by molar-refractivity contribution is -0.133. The zero-order valence-electron chi connectivity index (χ0n) is 13.1. The molecule has 0 bridgehead atoms. The Bertz CT molecular complexity index is 747. The number of halogens is 1. The maximum absolute atomic E-state index is 13.8. The maximum Gasteiger partial charge on any atom is 0.322 e. The molecular weight excluding hydrogens is 313 g/mol. The van der Waals surface area contributed by atoms with Crippen LogP contribution >= 0.6 is 0 Å². The number of imide groups is 1. The molecule has 6 nitrogen and oxygen atoms in total. The quantitative estimate of drug-likeness (QED) is 0.820. The van der Waals surface area contributed by atoms with Gasteiger partial charge in [-0.2, -0.15) is 0 Å². The number of carbonyl (C=O) groups excluding carboxylic acids is 3. The summed E-state index contributed by atoms with van der Waals surface area (Å²) in [6, 6.07) is 4.37. The lowest BCUT2D eigenvalue weighted by Crippen LogP contribution is -2.49. The van der Waals surface area contributed by atoms with Gasteiger partial charge in [0.1, 0.15) is 11.4 Å². The van der Waals surface area contributed by atoms with Crippen molar-refractivity contribution in [2.24, 2.45) is 5.92 Å². The summed E-state index contributed by atoms with van der Waals surface area (Å²) in [5.41, 5.74) is 0.437. The molecule has 0 radical (unpaired) electrons. The Labute approximate surface area is 138 Å². The molecule has 4 rings (SSSR count). The number of nitrogens with one attached hydrogen (secondary N) is 2. The second kappa shape index (κ2) is 5.29. The van der Waals surface area contributed by atoms with Crippen molar-refractivity contribution in [2.45, 2.75) is 44.3 Å². The van der Waals surface area contributed by atoms with Crippen LogP contribution < -0.4 is 10.6 Å². The summed E-state index contributed by atoms with van der Waals surface area (Å²) in [7, 11) is 0. The van der Waals surface area contributed by atoms with Gasteiger partial charge in [0, 0.05) is 25.1 Å². The molecule has 1 aromatic carbocycles. The van der Waals surface area contributed by atoms with Crippen LogP contribution in [0.4, 0.5) is 9.18 Å². The fourth-order valence-corrected chi connectivity index (χ4v) is 3.77. The van der Waals surface area contributed by atoms with Gasteiger partial charge >= 0.3 is 6.03 Å². The highest BCUT2D eigenvalue weighted by Crippen LogP contribution is 2.44. The van der Waals surface area contributed by atoms with Gasteiger partial charge in [0.25, 0.3) is 5.91 Å². The van der Waals surface area contributed by atoms with E-state index >= 15 is 0 Å². The minimum atomic E-state index is -0.954. The number of hydrogen-bond acceptors (Lipinski definition) is 3. The van der Waals surface area contributed by atoms with Crippen molar-refractivity contribution in [3.63, 3.8) is 0 Å². The predicted octanol–water partition coefficient (Wildman–Crippen LogP) is 1.44. The van der Waals surface area contributed by atoms with Crippen molar-refractivity contribution in [2.75, 3.05) is 0 Å². The first-order valence-corrected chi connectivity index (χ1v) is 8.17. The third-order valence-corrected chi connectivity index (χ3v) is 5.26. The van der Waals surface area contributed by atoms with Crippen LogP contribution in [0.2, 0.25) is 0 Å². The van der Waals surface area contributed by atoms with Gasteiger partial charge in [-0.1, -0.05) is 12.1 Å². The molecule has 7 heteroatoms. The summed E-state index contributed by atoms with van der Waals surface area (Å²) in [4.78, 5) is 37.8. The van der Waals surface area contributed by atoms with Crippen molar-refractivity contribution in [3.8, 4) is 0 Å². The highest BCUT2D eigenvalue weighted by molar-refractivity contribution is 6.07. The summed E-state index contributed by atoms with van der Waals surface area (Å²) >= 11 is 0. The third kappa shape index (κ3) is 2.35. The Kier molecular flexibility index (Phi) is 3.33. The van der Waals surface area contributed by atoms with Crippen molar-refractivity contribution < 1.29 is 18.8 Å². The molecule has 4 amide bonds. The Morgan fingerprint density at radius 3 is 2.71 bits per heavy atom. The summed E-state index contributed by atoms with van der Waals surface area (Å²) in [5.74, 6) is -0.650. The molecule has 2 N–H and O–H groups in total. The zero-order chi connectivity index (χ0) is 16.9. The fourth-order valence-electron chi connectivity index (χ4n) is 3.77. The van der Waals surface area contributed by atoms with Gasteiger partial charge in [-0.3, -0.25) is 14.9 Å². The minimum absolute atomic E-state index is 0.102. The average molecular weight is 331 g/mol. The van der Waals surface area contributed by atoms with E-state index in [2.05, 4.69) is 10.6 Å². The second-order valence-corrected chi connectivity index (χ2v) is 6.78. The van der Waals surface area contributed by atoms with Crippen LogP contribution in [-0.4, -0.2) is 28.3 Å². The molecule has 1 saturated heterocycles. The second-order valence-electron chi connectivity index (χ2n) is 6.78. The molecule has 24 heavy (non-hydrogen) atoms. The summed E-state index contributed by atoms with van der Waals surface area (Å²) < 4.78 is 13.8. The summed E-state index contributed by atoms with van der Waals surface area (Å²) in [6.45, 7) is 0.650. The molecule has 0 spiro atoms. The Morgan fingerprint density at radius 1 is 1.29 bits per heavy atom. The number of benzene rings is 1. The van der Waals surface area contributed by atoms with Crippen LogP contribution in [-0.2, 0) is 22.7 Å². The maximum atomic E-state index is 13.8. The van der Waals surface area contributed by atoms with Gasteiger partial charge in [-0.05, 0) is 36.8 Å². The van der Waals surface area contributed by atoms with E-state index in [0.29, 0.717) is 12.1 Å². The van der Waals surface area contributed by atoms with E-state index in [1.165, 1.54) is 6.07 Å². The SMILES string of the molecule is O=C1NC(=O)[C@](CCC(=O)N2Cc3cccc(F)c3C2)(C2CC2)N1. The van der Waals surface area contributed by atoms with E-state index in [-0.39, 0.29) is 42.9 Å². The van der Waals surface area contributed by atoms with Gasteiger partial charge < -0.3 is 10.2 Å². The first-order chi connectivity index (χ1) is 11.5. The molecule has 0 unspecified atom stereocenters. The van der Waals surface area contributed by atoms with Gasteiger partial charge in [0.15, 0.2) is 0 Å². The Balaban J connectivity index is 1.43. The number of fused-ring (bicyclic) bond motifs is 1. The Morgan fingerprint density at radius 2 is 2.08 bits per heavy atom. The van der Waals surface area contributed by atoms with Gasteiger partial charge in [0.05, 0.1) is 0 Å². The van der Waals surface area contributed by atoms with E-state index in [1.807, 2.05) is 6.07 Å². The van der Waals surface area contributed by atoms with Crippen LogP contribution in [0, 0.1) is 11.7 Å². The lowest BCUT2D eigenvalue weighted by atomic mass is 9.88. The molecule has 1 saturated carbocycles. The van der Waals surface area contributed by atoms with Gasteiger partial charge in [-0.25, -0.2) is 9.18 Å². The van der Waals surface area contributed by atoms with E-state index in [9.17, 15) is 18.8 Å². The molecule has 2 aliphatic heterocycles. The van der Waals surface area contributed by atoms with E-state index < -0.39 is 11.6 Å². The number of hydrogen-bond donors (Lipinski definition) is 2. The normalized spacial score (nSPS) is 25.5. The number of carbonyl (C=O) groups is 3. The molecule has 0 aromatic heterocycles. The molecule has 1 atom stereocenters. The molecule has 2 fully saturated rings. The van der Waals surface area contributed by atoms with Gasteiger partial charge in [-0.15, -0.1) is 0 Å². The van der Waals surface area contributed by atoms with Crippen molar-refractivity contribution >= 4 is 17.8 Å². The highest BCUT2D eigenvalue weighted by Gasteiger charge is 2.55. The smallest absolute Gasteiger partial charge is 0.322 e. The Hall–Kier alpha value is -2.44. The minimum Gasteiger partial charge on any atom is -0.334 e. The molecule has 3 aliphatic rings. The standard InChI is InChI=1S/C17H18FN3O3/c18-13-3-1-2-10-8-21(9-12(10)13)14(22)6-7-17(11-4-5-11)15(23)19-16(24)20-17/h1-3,11H,4-9H2,(H2,19,20,23,24)/t17-/m0/s1. The van der Waals surface area contributed by atoms with Crippen LogP contribution in [0.15, 0.2) is 18.2 Å². The van der Waals surface area contributed by atoms with E-state index in [4.69, 9.17) is 0 Å². The van der Waals surface area contributed by atoms with Crippen LogP contribution in [0.5, 0.6) is 0 Å². The van der Waals surface area contributed by atoms with Crippen LogP contribution in [0.25, 0.3) is 0 Å². The third-order valence-electron chi connectivity index (χ3n) is 5.26. The zero-order valence-corrected chi connectivity index (χ0v) is 13.1. The fraction of sp³-hybridized carbons (Fsp3) is 0.471. The van der Waals surface area contributed by atoms with Gasteiger partial charge in [0.2, 0.25) is 5.91 Å². The largest absolute Gasteiger partial charge is 0.334 e. The highest BCUT2D eigenvalue weighted by atomic mass is 19.1. The molecular formula is C17H18FN3O3. The van der Waals surface area contributed by atoms with Crippen LogP contribution in [0.3, 0.4) is 0 Å². The monoisotopic (exact) mass is 331 g/mol. The first kappa shape index (κ1) is 15.1. The number of nitrogens with zero attached hydrogens (tertiary/aromatic N) is 1. The number of urea groups is 1. The predicted molar refractivity (Wildman–Crippen MR) is 82.0 cm³/mol. The lowest BCUT2D eigenvalue weighted by Gasteiger charge is -2.26. The molecule has 1 aliphatic carbocycles. The van der Waals surface area contributed by atoms with Crippen molar-refractivity contribution in [1.29, 1.82) is 0 Å². The molecule has 1 aromatic rings. The topological polar surface area (TPSA) is 78.5 Å². The van der Waals surface area contributed by atoms with Crippen molar-refractivity contribution in [1.82, 2.24) is 15.5 Å². The number of rotatable bonds is 4. The van der Waals surface area contributed by atoms with Crippen LogP contribution in [0.1, 0.15) is 36.8 Å². The average Bonchev–Trinajstić information content (AvgIpc) is 3.23. The van der Waals surface area contributed by atoms with E-state index in [1.54, 1.807) is 11.0 Å². The van der Waals surface area contributed by atoms with E-state index in [0.717, 1.165) is 18.4 Å². The molecule has 2 heterocycles.